The molecule has 96 valence electrons. The first-order chi connectivity index (χ1) is 8.19. The van der Waals surface area contributed by atoms with E-state index in [2.05, 4.69) is 51.2 Å². The summed E-state index contributed by atoms with van der Waals surface area (Å²) in [5.41, 5.74) is 4.08. The van der Waals surface area contributed by atoms with Gasteiger partial charge >= 0.3 is 0 Å². The van der Waals surface area contributed by atoms with Gasteiger partial charge in [0.25, 0.3) is 0 Å². The third-order valence-electron chi connectivity index (χ3n) is 3.37. The van der Waals surface area contributed by atoms with Crippen LogP contribution >= 0.6 is 0 Å². The Bertz CT molecular complexity index is 310. The fourth-order valence-electron chi connectivity index (χ4n) is 2.33. The van der Waals surface area contributed by atoms with Gasteiger partial charge in [0.1, 0.15) is 0 Å². The lowest BCUT2D eigenvalue weighted by atomic mass is 10.0. The highest BCUT2D eigenvalue weighted by molar-refractivity contribution is 5.57. The van der Waals surface area contributed by atoms with E-state index in [1.165, 1.54) is 48.9 Å². The van der Waals surface area contributed by atoms with Crippen LogP contribution in [0.1, 0.15) is 57.1 Å². The molecule has 1 heteroatoms. The Morgan fingerprint density at radius 2 is 1.65 bits per heavy atom. The number of unbranched alkanes of at least 4 members (excludes halogenated alkanes) is 1. The number of hydrogen-bond acceptors (Lipinski definition) is 1. The van der Waals surface area contributed by atoms with Crippen LogP contribution < -0.4 is 5.32 Å². The molecule has 0 heterocycles. The quantitative estimate of drug-likeness (QED) is 0.693. The molecule has 1 aromatic rings. The first kappa shape index (κ1) is 14.1. The SMILES string of the molecule is CCCCC(CCC)Nc1c(C)cccc1C. The van der Waals surface area contributed by atoms with Gasteiger partial charge in [0.05, 0.1) is 0 Å². The molecule has 0 saturated carbocycles. The average molecular weight is 233 g/mol. The Balaban J connectivity index is 2.70. The van der Waals surface area contributed by atoms with Crippen LogP contribution in [0, 0.1) is 13.8 Å². The predicted molar refractivity (Wildman–Crippen MR) is 77.8 cm³/mol. The second-order valence-corrected chi connectivity index (χ2v) is 5.04. The molecule has 0 saturated heterocycles. The zero-order chi connectivity index (χ0) is 12.7. The van der Waals surface area contributed by atoms with Gasteiger partial charge in [0.15, 0.2) is 0 Å². The summed E-state index contributed by atoms with van der Waals surface area (Å²) in [6, 6.07) is 7.16. The van der Waals surface area contributed by atoms with Crippen LogP contribution in [0.25, 0.3) is 0 Å². The summed E-state index contributed by atoms with van der Waals surface area (Å²) in [6.07, 6.45) is 6.43. The van der Waals surface area contributed by atoms with Gasteiger partial charge in [-0.15, -0.1) is 0 Å². The van der Waals surface area contributed by atoms with Crippen molar-refractivity contribution in [2.24, 2.45) is 0 Å². The highest BCUT2D eigenvalue weighted by Gasteiger charge is 2.09. The smallest absolute Gasteiger partial charge is 0.0401 e. The summed E-state index contributed by atoms with van der Waals surface area (Å²) in [7, 11) is 0. The summed E-state index contributed by atoms with van der Waals surface area (Å²) in [6.45, 7) is 8.92. The van der Waals surface area contributed by atoms with Gasteiger partial charge in [-0.3, -0.25) is 0 Å². The van der Waals surface area contributed by atoms with Crippen molar-refractivity contribution in [3.63, 3.8) is 0 Å². The fourth-order valence-corrected chi connectivity index (χ4v) is 2.33. The van der Waals surface area contributed by atoms with Gasteiger partial charge in [0.2, 0.25) is 0 Å². The van der Waals surface area contributed by atoms with E-state index in [1.807, 2.05) is 0 Å². The van der Waals surface area contributed by atoms with E-state index in [0.29, 0.717) is 6.04 Å². The summed E-state index contributed by atoms with van der Waals surface area (Å²) in [5.74, 6) is 0. The van der Waals surface area contributed by atoms with Crippen molar-refractivity contribution in [2.45, 2.75) is 65.8 Å². The summed E-state index contributed by atoms with van der Waals surface area (Å²) < 4.78 is 0. The van der Waals surface area contributed by atoms with Crippen molar-refractivity contribution in [2.75, 3.05) is 5.32 Å². The van der Waals surface area contributed by atoms with Crippen LogP contribution in [-0.4, -0.2) is 6.04 Å². The van der Waals surface area contributed by atoms with Crippen molar-refractivity contribution in [3.05, 3.63) is 29.3 Å². The van der Waals surface area contributed by atoms with Gasteiger partial charge in [0, 0.05) is 11.7 Å². The topological polar surface area (TPSA) is 12.0 Å². The molecule has 1 nitrogen and oxygen atoms in total. The van der Waals surface area contributed by atoms with Crippen molar-refractivity contribution in [3.8, 4) is 0 Å². The normalized spacial score (nSPS) is 12.5. The second kappa shape index (κ2) is 7.37. The molecular weight excluding hydrogens is 206 g/mol. The minimum atomic E-state index is 0.639. The van der Waals surface area contributed by atoms with Crippen LogP contribution in [0.4, 0.5) is 5.69 Å². The summed E-state index contributed by atoms with van der Waals surface area (Å²) >= 11 is 0. The zero-order valence-corrected chi connectivity index (χ0v) is 11.8. The number of anilines is 1. The Kier molecular flexibility index (Phi) is 6.10. The largest absolute Gasteiger partial charge is 0.382 e. The molecule has 0 fully saturated rings. The molecular formula is C16H27N. The maximum atomic E-state index is 3.75. The third kappa shape index (κ3) is 4.41. The third-order valence-corrected chi connectivity index (χ3v) is 3.37. The van der Waals surface area contributed by atoms with E-state index in [4.69, 9.17) is 0 Å². The molecule has 0 aromatic heterocycles. The van der Waals surface area contributed by atoms with Gasteiger partial charge in [-0.2, -0.15) is 0 Å². The lowest BCUT2D eigenvalue weighted by Gasteiger charge is -2.22. The van der Waals surface area contributed by atoms with Gasteiger partial charge in [-0.25, -0.2) is 0 Å². The first-order valence-corrected chi connectivity index (χ1v) is 7.01. The number of nitrogens with one attached hydrogen (secondary N) is 1. The molecule has 0 aliphatic carbocycles. The van der Waals surface area contributed by atoms with Crippen molar-refractivity contribution in [1.29, 1.82) is 0 Å². The second-order valence-electron chi connectivity index (χ2n) is 5.04. The Morgan fingerprint density at radius 1 is 1.00 bits per heavy atom. The van der Waals surface area contributed by atoms with Crippen molar-refractivity contribution >= 4 is 5.69 Å². The van der Waals surface area contributed by atoms with Gasteiger partial charge < -0.3 is 5.32 Å². The highest BCUT2D eigenvalue weighted by atomic mass is 14.9. The standard InChI is InChI=1S/C16H27N/c1-5-7-12-15(9-6-2)17-16-13(3)10-8-11-14(16)4/h8,10-11,15,17H,5-7,9,12H2,1-4H3. The summed E-state index contributed by atoms with van der Waals surface area (Å²) in [5, 5.41) is 3.75. The average Bonchev–Trinajstić information content (AvgIpc) is 2.31. The summed E-state index contributed by atoms with van der Waals surface area (Å²) in [4.78, 5) is 0. The molecule has 1 rings (SSSR count). The maximum Gasteiger partial charge on any atom is 0.0401 e. The minimum absolute atomic E-state index is 0.639. The van der Waals surface area contributed by atoms with Gasteiger partial charge in [-0.1, -0.05) is 51.3 Å². The van der Waals surface area contributed by atoms with Crippen LogP contribution in [0.3, 0.4) is 0 Å². The van der Waals surface area contributed by atoms with Crippen LogP contribution in [0.2, 0.25) is 0 Å². The van der Waals surface area contributed by atoms with Crippen molar-refractivity contribution in [1.82, 2.24) is 0 Å². The molecule has 0 aliphatic heterocycles. The lowest BCUT2D eigenvalue weighted by molar-refractivity contribution is 0.564. The maximum absolute atomic E-state index is 3.75. The molecule has 1 unspecified atom stereocenters. The molecule has 1 atom stereocenters. The molecule has 17 heavy (non-hydrogen) atoms. The van der Waals surface area contributed by atoms with Gasteiger partial charge in [-0.05, 0) is 37.8 Å². The Hall–Kier alpha value is -0.980. The molecule has 0 amide bonds. The van der Waals surface area contributed by atoms with Crippen LogP contribution in [0.5, 0.6) is 0 Å². The van der Waals surface area contributed by atoms with E-state index in [9.17, 15) is 0 Å². The number of rotatable bonds is 7. The van der Waals surface area contributed by atoms with E-state index >= 15 is 0 Å². The van der Waals surface area contributed by atoms with Crippen LogP contribution in [-0.2, 0) is 0 Å². The van der Waals surface area contributed by atoms with Crippen molar-refractivity contribution < 1.29 is 0 Å². The Morgan fingerprint density at radius 3 is 2.18 bits per heavy atom. The monoisotopic (exact) mass is 233 g/mol. The predicted octanol–water partition coefficient (Wildman–Crippen LogP) is 5.07. The molecule has 0 spiro atoms. The molecule has 0 bridgehead atoms. The first-order valence-electron chi connectivity index (χ1n) is 7.01. The molecule has 1 aromatic carbocycles. The van der Waals surface area contributed by atoms with E-state index in [1.54, 1.807) is 0 Å². The van der Waals surface area contributed by atoms with E-state index in [-0.39, 0.29) is 0 Å². The Labute approximate surface area is 107 Å². The molecule has 1 N–H and O–H groups in total. The zero-order valence-electron chi connectivity index (χ0n) is 11.8. The van der Waals surface area contributed by atoms with E-state index in [0.717, 1.165) is 0 Å². The lowest BCUT2D eigenvalue weighted by Crippen LogP contribution is -2.20. The number of para-hydroxylation sites is 1. The number of aryl methyl sites for hydroxylation is 2. The minimum Gasteiger partial charge on any atom is -0.382 e. The van der Waals surface area contributed by atoms with E-state index < -0.39 is 0 Å². The number of hydrogen-bond donors (Lipinski definition) is 1. The number of benzene rings is 1. The molecule has 0 aliphatic rings. The van der Waals surface area contributed by atoms with Crippen LogP contribution in [0.15, 0.2) is 18.2 Å². The molecule has 0 radical (unpaired) electrons. The highest BCUT2D eigenvalue weighted by Crippen LogP contribution is 2.22. The fraction of sp³-hybridized carbons (Fsp3) is 0.625.